The molecule has 0 aliphatic rings. The van der Waals surface area contributed by atoms with Gasteiger partial charge in [0.05, 0.1) is 17.5 Å². The van der Waals surface area contributed by atoms with Crippen LogP contribution in [0.1, 0.15) is 0 Å². The Labute approximate surface area is 121 Å². The number of benzene rings is 1. The van der Waals surface area contributed by atoms with Crippen molar-refractivity contribution in [2.24, 2.45) is 7.05 Å². The van der Waals surface area contributed by atoms with Crippen molar-refractivity contribution in [3.05, 3.63) is 48.0 Å². The van der Waals surface area contributed by atoms with E-state index < -0.39 is 0 Å². The van der Waals surface area contributed by atoms with Gasteiger partial charge in [-0.1, -0.05) is 23.7 Å². The summed E-state index contributed by atoms with van der Waals surface area (Å²) in [5.41, 5.74) is 9.39. The normalized spacial score (nSPS) is 10.7. The SMILES string of the molecule is Cn1cc(-c2ncnc(N)c2-c2ccc(Cl)cc2)cn1. The second kappa shape index (κ2) is 4.94. The first-order valence-corrected chi connectivity index (χ1v) is 6.38. The summed E-state index contributed by atoms with van der Waals surface area (Å²) in [5, 5.41) is 4.84. The van der Waals surface area contributed by atoms with Gasteiger partial charge in [-0.3, -0.25) is 4.68 Å². The van der Waals surface area contributed by atoms with Gasteiger partial charge in [0, 0.05) is 23.8 Å². The van der Waals surface area contributed by atoms with Crippen molar-refractivity contribution in [2.75, 3.05) is 5.73 Å². The summed E-state index contributed by atoms with van der Waals surface area (Å²) in [4.78, 5) is 8.42. The van der Waals surface area contributed by atoms with Crippen molar-refractivity contribution >= 4 is 17.4 Å². The topological polar surface area (TPSA) is 69.6 Å². The largest absolute Gasteiger partial charge is 0.383 e. The van der Waals surface area contributed by atoms with Crippen LogP contribution in [0.4, 0.5) is 5.82 Å². The van der Waals surface area contributed by atoms with Gasteiger partial charge >= 0.3 is 0 Å². The molecule has 20 heavy (non-hydrogen) atoms. The molecule has 3 aromatic rings. The zero-order chi connectivity index (χ0) is 14.1. The molecule has 0 spiro atoms. The van der Waals surface area contributed by atoms with Crippen LogP contribution < -0.4 is 5.73 Å². The van der Waals surface area contributed by atoms with E-state index in [1.165, 1.54) is 6.33 Å². The summed E-state index contributed by atoms with van der Waals surface area (Å²) < 4.78 is 1.72. The molecule has 0 aliphatic carbocycles. The van der Waals surface area contributed by atoms with Crippen molar-refractivity contribution in [1.82, 2.24) is 19.7 Å². The van der Waals surface area contributed by atoms with E-state index in [1.54, 1.807) is 10.9 Å². The summed E-state index contributed by atoms with van der Waals surface area (Å²) in [5.74, 6) is 0.432. The molecule has 0 amide bonds. The highest BCUT2D eigenvalue weighted by Crippen LogP contribution is 2.33. The standard InChI is InChI=1S/C14H12ClN5/c1-20-7-10(6-19-20)13-12(14(16)18-8-17-13)9-2-4-11(15)5-3-9/h2-8H,1H3,(H2,16,17,18). The van der Waals surface area contributed by atoms with Crippen LogP contribution in [0, 0.1) is 0 Å². The summed E-state index contributed by atoms with van der Waals surface area (Å²) >= 11 is 5.92. The maximum absolute atomic E-state index is 6.02. The van der Waals surface area contributed by atoms with E-state index >= 15 is 0 Å². The summed E-state index contributed by atoms with van der Waals surface area (Å²) in [6.45, 7) is 0. The number of nitrogens with zero attached hydrogens (tertiary/aromatic N) is 4. The molecule has 0 saturated carbocycles. The fraction of sp³-hybridized carbons (Fsp3) is 0.0714. The van der Waals surface area contributed by atoms with Gasteiger partial charge in [-0.25, -0.2) is 9.97 Å². The number of anilines is 1. The van der Waals surface area contributed by atoms with Crippen LogP contribution in [0.3, 0.4) is 0 Å². The molecule has 2 N–H and O–H groups in total. The molecule has 5 nitrogen and oxygen atoms in total. The zero-order valence-electron chi connectivity index (χ0n) is 10.8. The lowest BCUT2D eigenvalue weighted by Gasteiger charge is -2.09. The molecule has 0 fully saturated rings. The predicted octanol–water partition coefficient (Wildman–Crippen LogP) is 2.78. The second-order valence-corrected chi connectivity index (χ2v) is 4.83. The Kier molecular flexibility index (Phi) is 3.12. The minimum Gasteiger partial charge on any atom is -0.383 e. The molecule has 1 aromatic carbocycles. The van der Waals surface area contributed by atoms with E-state index in [4.69, 9.17) is 17.3 Å². The van der Waals surface area contributed by atoms with Crippen molar-refractivity contribution in [2.45, 2.75) is 0 Å². The third-order valence-corrected chi connectivity index (χ3v) is 3.24. The first kappa shape index (κ1) is 12.6. The molecule has 0 aliphatic heterocycles. The van der Waals surface area contributed by atoms with Gasteiger partial charge in [0.2, 0.25) is 0 Å². The number of halogens is 1. The van der Waals surface area contributed by atoms with Gasteiger partial charge in [0.1, 0.15) is 12.1 Å². The smallest absolute Gasteiger partial charge is 0.135 e. The molecule has 0 bridgehead atoms. The highest BCUT2D eigenvalue weighted by Gasteiger charge is 2.14. The molecule has 2 aromatic heterocycles. The Bertz CT molecular complexity index is 749. The van der Waals surface area contributed by atoms with E-state index in [0.29, 0.717) is 10.8 Å². The van der Waals surface area contributed by atoms with E-state index in [1.807, 2.05) is 37.5 Å². The lowest BCUT2D eigenvalue weighted by molar-refractivity contribution is 0.768. The third kappa shape index (κ3) is 2.23. The minimum absolute atomic E-state index is 0.432. The van der Waals surface area contributed by atoms with Gasteiger partial charge in [-0.15, -0.1) is 0 Å². The molecule has 100 valence electrons. The fourth-order valence-electron chi connectivity index (χ4n) is 2.06. The lowest BCUT2D eigenvalue weighted by Crippen LogP contribution is -1.98. The molecule has 2 heterocycles. The maximum Gasteiger partial charge on any atom is 0.135 e. The van der Waals surface area contributed by atoms with E-state index in [-0.39, 0.29) is 0 Å². The average molecular weight is 286 g/mol. The van der Waals surface area contributed by atoms with Crippen LogP contribution in [-0.4, -0.2) is 19.7 Å². The second-order valence-electron chi connectivity index (χ2n) is 4.39. The van der Waals surface area contributed by atoms with Crippen LogP contribution in [0.2, 0.25) is 5.02 Å². The Morgan fingerprint density at radius 2 is 1.85 bits per heavy atom. The quantitative estimate of drug-likeness (QED) is 0.786. The monoisotopic (exact) mass is 285 g/mol. The van der Waals surface area contributed by atoms with Gasteiger partial charge in [-0.05, 0) is 17.7 Å². The first-order valence-electron chi connectivity index (χ1n) is 6.00. The lowest BCUT2D eigenvalue weighted by atomic mass is 10.0. The van der Waals surface area contributed by atoms with E-state index in [0.717, 1.165) is 22.4 Å². The summed E-state index contributed by atoms with van der Waals surface area (Å²) in [6, 6.07) is 7.43. The number of nitrogen functional groups attached to an aromatic ring is 1. The van der Waals surface area contributed by atoms with Crippen molar-refractivity contribution in [3.63, 3.8) is 0 Å². The summed E-state index contributed by atoms with van der Waals surface area (Å²) in [6.07, 6.45) is 5.10. The molecular formula is C14H12ClN5. The highest BCUT2D eigenvalue weighted by atomic mass is 35.5. The number of aromatic nitrogens is 4. The van der Waals surface area contributed by atoms with Crippen LogP contribution in [0.5, 0.6) is 0 Å². The molecule has 0 radical (unpaired) electrons. The molecule has 0 atom stereocenters. The Hall–Kier alpha value is -2.40. The Morgan fingerprint density at radius 1 is 1.10 bits per heavy atom. The van der Waals surface area contributed by atoms with Crippen LogP contribution in [0.25, 0.3) is 22.4 Å². The Balaban J connectivity index is 2.21. The molecule has 0 unspecified atom stereocenters. The van der Waals surface area contributed by atoms with Gasteiger partial charge < -0.3 is 5.73 Å². The average Bonchev–Trinajstić information content (AvgIpc) is 2.86. The highest BCUT2D eigenvalue weighted by molar-refractivity contribution is 6.30. The molecule has 3 rings (SSSR count). The van der Waals surface area contributed by atoms with Crippen molar-refractivity contribution in [3.8, 4) is 22.4 Å². The van der Waals surface area contributed by atoms with Crippen LogP contribution >= 0.6 is 11.6 Å². The van der Waals surface area contributed by atoms with Gasteiger partial charge in [-0.2, -0.15) is 5.10 Å². The van der Waals surface area contributed by atoms with Gasteiger partial charge in [0.15, 0.2) is 0 Å². The Morgan fingerprint density at radius 3 is 2.50 bits per heavy atom. The van der Waals surface area contributed by atoms with Crippen molar-refractivity contribution in [1.29, 1.82) is 0 Å². The summed E-state index contributed by atoms with van der Waals surface area (Å²) in [7, 11) is 1.86. The fourth-order valence-corrected chi connectivity index (χ4v) is 2.19. The predicted molar refractivity (Wildman–Crippen MR) is 79.1 cm³/mol. The van der Waals surface area contributed by atoms with E-state index in [9.17, 15) is 0 Å². The maximum atomic E-state index is 6.02. The number of rotatable bonds is 2. The van der Waals surface area contributed by atoms with Crippen LogP contribution in [0.15, 0.2) is 43.0 Å². The van der Waals surface area contributed by atoms with E-state index in [2.05, 4.69) is 15.1 Å². The molecular weight excluding hydrogens is 274 g/mol. The third-order valence-electron chi connectivity index (χ3n) is 2.99. The first-order chi connectivity index (χ1) is 9.65. The number of aryl methyl sites for hydroxylation is 1. The number of nitrogens with two attached hydrogens (primary N) is 1. The molecule has 6 heteroatoms. The molecule has 0 saturated heterocycles. The zero-order valence-corrected chi connectivity index (χ0v) is 11.5. The minimum atomic E-state index is 0.432. The van der Waals surface area contributed by atoms with Crippen LogP contribution in [-0.2, 0) is 7.05 Å². The van der Waals surface area contributed by atoms with Crippen molar-refractivity contribution < 1.29 is 0 Å². The van der Waals surface area contributed by atoms with Gasteiger partial charge in [0.25, 0.3) is 0 Å². The number of hydrogen-bond acceptors (Lipinski definition) is 4. The number of hydrogen-bond donors (Lipinski definition) is 1.